The van der Waals surface area contributed by atoms with Gasteiger partial charge in [-0.05, 0) is 24.5 Å². The van der Waals surface area contributed by atoms with E-state index in [1.54, 1.807) is 15.8 Å². The lowest BCUT2D eigenvalue weighted by molar-refractivity contribution is -0.131. The van der Waals surface area contributed by atoms with Gasteiger partial charge in [0, 0.05) is 19.7 Å². The van der Waals surface area contributed by atoms with Gasteiger partial charge >= 0.3 is 0 Å². The van der Waals surface area contributed by atoms with Crippen LogP contribution in [-0.4, -0.2) is 32.1 Å². The molecule has 1 aromatic heterocycles. The van der Waals surface area contributed by atoms with Crippen molar-refractivity contribution in [2.75, 3.05) is 6.54 Å². The summed E-state index contributed by atoms with van der Waals surface area (Å²) in [6.07, 6.45) is 3.19. The third-order valence-electron chi connectivity index (χ3n) is 3.97. The Morgan fingerprint density at radius 3 is 2.91 bits per heavy atom. The highest BCUT2D eigenvalue weighted by Gasteiger charge is 2.32. The molecule has 1 aliphatic rings. The zero-order valence-electron chi connectivity index (χ0n) is 12.2. The van der Waals surface area contributed by atoms with Gasteiger partial charge in [0.1, 0.15) is 18.0 Å². The zero-order chi connectivity index (χ0) is 15.7. The molecule has 0 bridgehead atoms. The lowest BCUT2D eigenvalue weighted by Crippen LogP contribution is -2.33. The summed E-state index contributed by atoms with van der Waals surface area (Å²) < 4.78 is 28.4. The molecule has 7 heteroatoms. The molecule has 1 amide bonds. The number of halogens is 2. The molecule has 5 nitrogen and oxygen atoms in total. The summed E-state index contributed by atoms with van der Waals surface area (Å²) in [4.78, 5) is 14.2. The maximum Gasteiger partial charge on any atom is 0.227 e. The van der Waals surface area contributed by atoms with E-state index in [4.69, 9.17) is 0 Å². The molecule has 3 rings (SSSR count). The van der Waals surface area contributed by atoms with E-state index >= 15 is 0 Å². The Kier molecular flexibility index (Phi) is 3.87. The number of hydrogen-bond acceptors (Lipinski definition) is 3. The molecule has 1 fully saturated rings. The quantitative estimate of drug-likeness (QED) is 0.871. The first-order valence-electron chi connectivity index (χ1n) is 7.13. The molecule has 0 radical (unpaired) electrons. The van der Waals surface area contributed by atoms with E-state index in [2.05, 4.69) is 10.2 Å². The van der Waals surface area contributed by atoms with Crippen molar-refractivity contribution in [1.82, 2.24) is 19.7 Å². The van der Waals surface area contributed by atoms with E-state index in [1.807, 2.05) is 7.05 Å². The van der Waals surface area contributed by atoms with Crippen LogP contribution >= 0.6 is 0 Å². The standard InChI is InChI=1S/C15H16F2N4O/c1-20-9-18-19-15(20)13-3-2-6-21(13)14(22)7-10-4-5-11(16)8-12(10)17/h4-5,8-9,13H,2-3,6-7H2,1H3. The molecule has 2 heterocycles. The number of amides is 1. The highest BCUT2D eigenvalue weighted by molar-refractivity contribution is 5.79. The smallest absolute Gasteiger partial charge is 0.227 e. The van der Waals surface area contributed by atoms with Crippen molar-refractivity contribution in [2.24, 2.45) is 7.05 Å². The third kappa shape index (κ3) is 2.70. The molecule has 2 aromatic rings. The normalized spacial score (nSPS) is 18.0. The molecule has 116 valence electrons. The van der Waals surface area contributed by atoms with Crippen LogP contribution in [0.3, 0.4) is 0 Å². The minimum absolute atomic E-state index is 0.0829. The Hall–Kier alpha value is -2.31. The number of nitrogens with zero attached hydrogens (tertiary/aromatic N) is 4. The topological polar surface area (TPSA) is 51.0 Å². The SMILES string of the molecule is Cn1cnnc1C1CCCN1C(=O)Cc1ccc(F)cc1F. The van der Waals surface area contributed by atoms with Crippen molar-refractivity contribution in [3.05, 3.63) is 47.5 Å². The van der Waals surface area contributed by atoms with Crippen molar-refractivity contribution in [3.8, 4) is 0 Å². The van der Waals surface area contributed by atoms with Crippen LogP contribution in [0.5, 0.6) is 0 Å². The van der Waals surface area contributed by atoms with E-state index in [0.29, 0.717) is 6.54 Å². The van der Waals surface area contributed by atoms with Gasteiger partial charge in [-0.25, -0.2) is 8.78 Å². The number of aromatic nitrogens is 3. The van der Waals surface area contributed by atoms with E-state index < -0.39 is 11.6 Å². The molecular formula is C15H16F2N4O. The summed E-state index contributed by atoms with van der Waals surface area (Å²) in [5.41, 5.74) is 0.204. The van der Waals surface area contributed by atoms with E-state index in [-0.39, 0.29) is 23.9 Å². The van der Waals surface area contributed by atoms with Gasteiger partial charge in [-0.1, -0.05) is 6.07 Å². The second-order valence-electron chi connectivity index (χ2n) is 5.46. The Bertz CT molecular complexity index is 701. The summed E-state index contributed by atoms with van der Waals surface area (Å²) in [6.45, 7) is 0.610. The van der Waals surface area contributed by atoms with Gasteiger partial charge < -0.3 is 9.47 Å². The molecule has 0 spiro atoms. The van der Waals surface area contributed by atoms with Crippen molar-refractivity contribution in [2.45, 2.75) is 25.3 Å². The average molecular weight is 306 g/mol. The summed E-state index contributed by atoms with van der Waals surface area (Å²) in [7, 11) is 1.83. The Labute approximate surface area is 126 Å². The lowest BCUT2D eigenvalue weighted by Gasteiger charge is -2.24. The van der Waals surface area contributed by atoms with E-state index in [9.17, 15) is 13.6 Å². The van der Waals surface area contributed by atoms with Crippen LogP contribution in [-0.2, 0) is 18.3 Å². The Balaban J connectivity index is 1.78. The molecule has 1 saturated heterocycles. The summed E-state index contributed by atoms with van der Waals surface area (Å²) in [6, 6.07) is 3.14. The monoisotopic (exact) mass is 306 g/mol. The van der Waals surface area contributed by atoms with Gasteiger partial charge in [0.15, 0.2) is 5.82 Å². The molecule has 1 aliphatic heterocycles. The lowest BCUT2D eigenvalue weighted by atomic mass is 10.1. The number of carbonyl (C=O) groups is 1. The van der Waals surface area contributed by atoms with Gasteiger partial charge in [-0.3, -0.25) is 4.79 Å². The number of aryl methyl sites for hydroxylation is 1. The van der Waals surface area contributed by atoms with Crippen molar-refractivity contribution < 1.29 is 13.6 Å². The maximum absolute atomic E-state index is 13.7. The Morgan fingerprint density at radius 1 is 1.41 bits per heavy atom. The minimum Gasteiger partial charge on any atom is -0.332 e. The van der Waals surface area contributed by atoms with Crippen LogP contribution < -0.4 is 0 Å². The summed E-state index contributed by atoms with van der Waals surface area (Å²) in [5.74, 6) is -0.795. The van der Waals surface area contributed by atoms with Crippen LogP contribution in [0.25, 0.3) is 0 Å². The molecule has 0 N–H and O–H groups in total. The highest BCUT2D eigenvalue weighted by atomic mass is 19.1. The molecule has 22 heavy (non-hydrogen) atoms. The van der Waals surface area contributed by atoms with Crippen LogP contribution in [0, 0.1) is 11.6 Å². The minimum atomic E-state index is -0.692. The summed E-state index contributed by atoms with van der Waals surface area (Å²) >= 11 is 0. The number of rotatable bonds is 3. The van der Waals surface area contributed by atoms with Gasteiger partial charge in [-0.15, -0.1) is 10.2 Å². The number of likely N-dealkylation sites (tertiary alicyclic amines) is 1. The largest absolute Gasteiger partial charge is 0.332 e. The molecular weight excluding hydrogens is 290 g/mol. The van der Waals surface area contributed by atoms with Crippen LogP contribution in [0.4, 0.5) is 8.78 Å². The molecule has 1 aromatic carbocycles. The molecule has 0 saturated carbocycles. The van der Waals surface area contributed by atoms with Gasteiger partial charge in [0.05, 0.1) is 12.5 Å². The molecule has 1 atom stereocenters. The van der Waals surface area contributed by atoms with Crippen molar-refractivity contribution >= 4 is 5.91 Å². The number of carbonyl (C=O) groups excluding carboxylic acids is 1. The van der Waals surface area contributed by atoms with Crippen molar-refractivity contribution in [3.63, 3.8) is 0 Å². The fraction of sp³-hybridized carbons (Fsp3) is 0.400. The first-order valence-corrected chi connectivity index (χ1v) is 7.13. The van der Waals surface area contributed by atoms with Crippen LogP contribution in [0.15, 0.2) is 24.5 Å². The Morgan fingerprint density at radius 2 is 2.23 bits per heavy atom. The van der Waals surface area contributed by atoms with Gasteiger partial charge in [0.2, 0.25) is 5.91 Å². The highest BCUT2D eigenvalue weighted by Crippen LogP contribution is 2.31. The summed E-state index contributed by atoms with van der Waals surface area (Å²) in [5, 5.41) is 7.90. The zero-order valence-corrected chi connectivity index (χ0v) is 12.2. The van der Waals surface area contributed by atoms with E-state index in [1.165, 1.54) is 6.07 Å². The van der Waals surface area contributed by atoms with Gasteiger partial charge in [0.25, 0.3) is 0 Å². The number of hydrogen-bond donors (Lipinski definition) is 0. The van der Waals surface area contributed by atoms with Gasteiger partial charge in [-0.2, -0.15) is 0 Å². The second kappa shape index (κ2) is 5.82. The number of benzene rings is 1. The van der Waals surface area contributed by atoms with E-state index in [0.717, 1.165) is 30.8 Å². The fourth-order valence-corrected chi connectivity index (χ4v) is 2.86. The van der Waals surface area contributed by atoms with Crippen LogP contribution in [0.1, 0.15) is 30.3 Å². The second-order valence-corrected chi connectivity index (χ2v) is 5.46. The first-order chi connectivity index (χ1) is 10.6. The maximum atomic E-state index is 13.7. The predicted octanol–water partition coefficient (Wildman–Crippen LogP) is 2.00. The fourth-order valence-electron chi connectivity index (χ4n) is 2.86. The average Bonchev–Trinajstić information content (AvgIpc) is 3.09. The van der Waals surface area contributed by atoms with Crippen LogP contribution in [0.2, 0.25) is 0 Å². The molecule has 0 aliphatic carbocycles. The van der Waals surface area contributed by atoms with Crippen molar-refractivity contribution in [1.29, 1.82) is 0 Å². The predicted molar refractivity (Wildman–Crippen MR) is 74.8 cm³/mol. The molecule has 1 unspecified atom stereocenters. The third-order valence-corrected chi connectivity index (χ3v) is 3.97. The first kappa shape index (κ1) is 14.6.